The molecule has 6 heteroatoms. The normalized spacial score (nSPS) is 15.2. The predicted molar refractivity (Wildman–Crippen MR) is 75.2 cm³/mol. The van der Waals surface area contributed by atoms with Crippen molar-refractivity contribution >= 4 is 11.7 Å². The Balaban J connectivity index is 2.39. The lowest BCUT2D eigenvalue weighted by molar-refractivity contribution is 0.0690. The summed E-state index contributed by atoms with van der Waals surface area (Å²) in [5, 5.41) is 18.6. The minimum atomic E-state index is -1.05. The first-order chi connectivity index (χ1) is 9.54. The van der Waals surface area contributed by atoms with E-state index in [2.05, 4.69) is 9.97 Å². The molecule has 0 saturated heterocycles. The van der Waals surface area contributed by atoms with Gasteiger partial charge in [0.15, 0.2) is 5.69 Å². The fourth-order valence-electron chi connectivity index (χ4n) is 2.34. The zero-order valence-electron chi connectivity index (χ0n) is 11.9. The second-order valence-corrected chi connectivity index (χ2v) is 5.42. The summed E-state index contributed by atoms with van der Waals surface area (Å²) in [7, 11) is 0. The van der Waals surface area contributed by atoms with E-state index >= 15 is 0 Å². The van der Waals surface area contributed by atoms with Gasteiger partial charge in [-0.1, -0.05) is 13.8 Å². The average molecular weight is 279 g/mol. The highest BCUT2D eigenvalue weighted by molar-refractivity contribution is 5.92. The van der Waals surface area contributed by atoms with Gasteiger partial charge in [0, 0.05) is 18.5 Å². The van der Waals surface area contributed by atoms with Gasteiger partial charge in [-0.3, -0.25) is 0 Å². The molecule has 0 radical (unpaired) electrons. The van der Waals surface area contributed by atoms with E-state index in [4.69, 9.17) is 0 Å². The largest absolute Gasteiger partial charge is 0.476 e. The molecule has 1 aliphatic rings. The Morgan fingerprint density at radius 2 is 2.20 bits per heavy atom. The van der Waals surface area contributed by atoms with Gasteiger partial charge in [0.05, 0.1) is 18.5 Å². The van der Waals surface area contributed by atoms with Crippen LogP contribution >= 0.6 is 0 Å². The number of nitrogens with zero attached hydrogens (tertiary/aromatic N) is 3. The number of carbonyl (C=O) groups is 1. The van der Waals surface area contributed by atoms with E-state index in [1.807, 2.05) is 18.7 Å². The molecule has 1 heterocycles. The van der Waals surface area contributed by atoms with Gasteiger partial charge >= 0.3 is 5.97 Å². The molecule has 0 amide bonds. The lowest BCUT2D eigenvalue weighted by Gasteiger charge is -2.39. The molecular formula is C14H21N3O3. The molecule has 1 aliphatic carbocycles. The summed E-state index contributed by atoms with van der Waals surface area (Å²) in [4.78, 5) is 21.8. The maximum atomic E-state index is 11.5. The number of hydrogen-bond donors (Lipinski definition) is 2. The van der Waals surface area contributed by atoms with Crippen LogP contribution in [0.5, 0.6) is 0 Å². The quantitative estimate of drug-likeness (QED) is 0.823. The Morgan fingerprint density at radius 1 is 1.50 bits per heavy atom. The number of hydrogen-bond acceptors (Lipinski definition) is 5. The van der Waals surface area contributed by atoms with Crippen LogP contribution in [-0.2, 0) is 0 Å². The number of aromatic nitrogens is 2. The third-order valence-corrected chi connectivity index (χ3v) is 3.67. The van der Waals surface area contributed by atoms with E-state index in [0.717, 1.165) is 19.3 Å². The Morgan fingerprint density at radius 3 is 2.65 bits per heavy atom. The van der Waals surface area contributed by atoms with Crippen molar-refractivity contribution in [2.45, 2.75) is 45.1 Å². The molecule has 2 N–H and O–H groups in total. The van der Waals surface area contributed by atoms with E-state index in [9.17, 15) is 15.0 Å². The van der Waals surface area contributed by atoms with Gasteiger partial charge in [-0.05, 0) is 19.3 Å². The van der Waals surface area contributed by atoms with Gasteiger partial charge < -0.3 is 15.1 Å². The molecule has 1 aromatic rings. The van der Waals surface area contributed by atoms with Gasteiger partial charge in [0.25, 0.3) is 0 Å². The minimum absolute atomic E-state index is 0.0124. The standard InChI is InChI=1S/C14H21N3O3/c1-9(2)13-15-8-11(12(16-13)14(19)20)17(6-7-18)10-4-3-5-10/h8-10,18H,3-7H2,1-2H3,(H,19,20). The van der Waals surface area contributed by atoms with E-state index in [1.54, 1.807) is 6.20 Å². The molecule has 0 unspecified atom stereocenters. The van der Waals surface area contributed by atoms with Gasteiger partial charge in [-0.2, -0.15) is 0 Å². The van der Waals surface area contributed by atoms with Crippen LogP contribution in [-0.4, -0.2) is 45.3 Å². The van der Waals surface area contributed by atoms with Crippen molar-refractivity contribution in [2.75, 3.05) is 18.1 Å². The van der Waals surface area contributed by atoms with Crippen molar-refractivity contribution < 1.29 is 15.0 Å². The maximum absolute atomic E-state index is 11.5. The van der Waals surface area contributed by atoms with Crippen LogP contribution in [0.25, 0.3) is 0 Å². The van der Waals surface area contributed by atoms with Crippen LogP contribution in [0.1, 0.15) is 55.3 Å². The van der Waals surface area contributed by atoms with Crippen molar-refractivity contribution in [1.82, 2.24) is 9.97 Å². The van der Waals surface area contributed by atoms with Gasteiger partial charge in [-0.15, -0.1) is 0 Å². The predicted octanol–water partition coefficient (Wildman–Crippen LogP) is 1.65. The summed E-state index contributed by atoms with van der Waals surface area (Å²) in [6.07, 6.45) is 4.76. The van der Waals surface area contributed by atoms with Crippen LogP contribution in [0.2, 0.25) is 0 Å². The molecule has 20 heavy (non-hydrogen) atoms. The van der Waals surface area contributed by atoms with Crippen molar-refractivity contribution in [3.63, 3.8) is 0 Å². The number of aromatic carboxylic acids is 1. The van der Waals surface area contributed by atoms with Gasteiger partial charge in [-0.25, -0.2) is 14.8 Å². The molecule has 6 nitrogen and oxygen atoms in total. The van der Waals surface area contributed by atoms with E-state index in [1.165, 1.54) is 0 Å². The highest BCUT2D eigenvalue weighted by Gasteiger charge is 2.29. The number of rotatable bonds is 6. The molecular weight excluding hydrogens is 258 g/mol. The van der Waals surface area contributed by atoms with Crippen molar-refractivity contribution in [2.24, 2.45) is 0 Å². The monoisotopic (exact) mass is 279 g/mol. The summed E-state index contributed by atoms with van der Waals surface area (Å²) in [5.74, 6) is -0.438. The van der Waals surface area contributed by atoms with Crippen molar-refractivity contribution in [1.29, 1.82) is 0 Å². The van der Waals surface area contributed by atoms with Crippen LogP contribution < -0.4 is 4.90 Å². The Bertz CT molecular complexity index is 487. The topological polar surface area (TPSA) is 86.5 Å². The summed E-state index contributed by atoms with van der Waals surface area (Å²) in [5.41, 5.74) is 0.546. The molecule has 0 aliphatic heterocycles. The van der Waals surface area contributed by atoms with Crippen LogP contribution in [0.3, 0.4) is 0 Å². The van der Waals surface area contributed by atoms with Crippen LogP contribution in [0, 0.1) is 0 Å². The highest BCUT2D eigenvalue weighted by Crippen LogP contribution is 2.31. The van der Waals surface area contributed by atoms with Crippen LogP contribution in [0.4, 0.5) is 5.69 Å². The third-order valence-electron chi connectivity index (χ3n) is 3.67. The average Bonchev–Trinajstić information content (AvgIpc) is 2.35. The molecule has 2 rings (SSSR count). The number of carboxylic acids is 1. The third kappa shape index (κ3) is 2.90. The first-order valence-corrected chi connectivity index (χ1v) is 7.02. The zero-order chi connectivity index (χ0) is 14.7. The molecule has 0 spiro atoms. The van der Waals surface area contributed by atoms with Crippen LogP contribution in [0.15, 0.2) is 6.20 Å². The SMILES string of the molecule is CC(C)c1ncc(N(CCO)C2CCC2)c(C(=O)O)n1. The molecule has 1 saturated carbocycles. The highest BCUT2D eigenvalue weighted by atomic mass is 16.4. The summed E-state index contributed by atoms with van der Waals surface area (Å²) in [6, 6.07) is 0.286. The van der Waals surface area contributed by atoms with E-state index in [0.29, 0.717) is 18.1 Å². The number of carboxylic acid groups (broad SMARTS) is 1. The Labute approximate surface area is 118 Å². The lowest BCUT2D eigenvalue weighted by atomic mass is 9.91. The number of aliphatic hydroxyl groups is 1. The molecule has 0 atom stereocenters. The minimum Gasteiger partial charge on any atom is -0.476 e. The maximum Gasteiger partial charge on any atom is 0.356 e. The summed E-state index contributed by atoms with van der Waals surface area (Å²) >= 11 is 0. The number of aliphatic hydroxyl groups excluding tert-OH is 1. The Kier molecular flexibility index (Phi) is 4.54. The fourth-order valence-corrected chi connectivity index (χ4v) is 2.34. The first kappa shape index (κ1) is 14.7. The summed E-state index contributed by atoms with van der Waals surface area (Å²) in [6.45, 7) is 4.26. The zero-order valence-corrected chi connectivity index (χ0v) is 11.9. The lowest BCUT2D eigenvalue weighted by Crippen LogP contribution is -2.43. The van der Waals surface area contributed by atoms with E-state index in [-0.39, 0.29) is 24.3 Å². The Hall–Kier alpha value is -1.69. The second kappa shape index (κ2) is 6.17. The first-order valence-electron chi connectivity index (χ1n) is 7.02. The van der Waals surface area contributed by atoms with E-state index < -0.39 is 5.97 Å². The second-order valence-electron chi connectivity index (χ2n) is 5.42. The molecule has 1 aromatic heterocycles. The molecule has 1 fully saturated rings. The van der Waals surface area contributed by atoms with Gasteiger partial charge in [0.2, 0.25) is 0 Å². The molecule has 0 bridgehead atoms. The smallest absolute Gasteiger partial charge is 0.356 e. The molecule has 0 aromatic carbocycles. The van der Waals surface area contributed by atoms with Crippen molar-refractivity contribution in [3.05, 3.63) is 17.7 Å². The van der Waals surface area contributed by atoms with Gasteiger partial charge in [0.1, 0.15) is 5.82 Å². The van der Waals surface area contributed by atoms with Crippen molar-refractivity contribution in [3.8, 4) is 0 Å². The summed E-state index contributed by atoms with van der Waals surface area (Å²) < 4.78 is 0. The number of anilines is 1. The molecule has 110 valence electrons. The fraction of sp³-hybridized carbons (Fsp3) is 0.643.